The predicted octanol–water partition coefficient (Wildman–Crippen LogP) is 3.52. The average Bonchev–Trinajstić information content (AvgIpc) is 2.33. The largest absolute Gasteiger partial charge is 0.496 e. The molecule has 0 spiro atoms. The van der Waals surface area contributed by atoms with Crippen molar-refractivity contribution in [2.75, 3.05) is 20.2 Å². The minimum atomic E-state index is 0.187. The lowest BCUT2D eigenvalue weighted by molar-refractivity contribution is 0.325. The van der Waals surface area contributed by atoms with Crippen LogP contribution in [0.4, 0.5) is 0 Å². The molecule has 0 saturated heterocycles. The highest BCUT2D eigenvalue weighted by atomic mass is 16.5. The van der Waals surface area contributed by atoms with E-state index in [-0.39, 0.29) is 5.41 Å². The molecule has 0 saturated carbocycles. The molecule has 1 heterocycles. The Labute approximate surface area is 124 Å². The van der Waals surface area contributed by atoms with Gasteiger partial charge in [-0.15, -0.1) is 0 Å². The summed E-state index contributed by atoms with van der Waals surface area (Å²) in [5.74, 6) is 1.66. The summed E-state index contributed by atoms with van der Waals surface area (Å²) >= 11 is 0. The second-order valence-electron chi connectivity index (χ2n) is 6.91. The number of hydrogen-bond donors (Lipinski definition) is 1. The molecule has 114 valence electrons. The van der Waals surface area contributed by atoms with Gasteiger partial charge in [-0.1, -0.05) is 27.7 Å². The number of ether oxygens (including phenoxy) is 1. The summed E-state index contributed by atoms with van der Waals surface area (Å²) in [5.41, 5.74) is 3.60. The maximum absolute atomic E-state index is 5.49. The fourth-order valence-corrected chi connectivity index (χ4v) is 2.46. The molecule has 0 amide bonds. The molecule has 0 aliphatic rings. The number of nitrogens with one attached hydrogen (secondary N) is 1. The zero-order valence-corrected chi connectivity index (χ0v) is 14.1. The van der Waals surface area contributed by atoms with Crippen LogP contribution >= 0.6 is 0 Å². The van der Waals surface area contributed by atoms with Crippen molar-refractivity contribution in [3.63, 3.8) is 0 Å². The lowest BCUT2D eigenvalue weighted by Crippen LogP contribution is -2.33. The first kappa shape index (κ1) is 17.0. The summed E-state index contributed by atoms with van der Waals surface area (Å²) in [4.78, 5) is 4.61. The van der Waals surface area contributed by atoms with E-state index in [0.717, 1.165) is 36.5 Å². The molecule has 1 aromatic heterocycles. The van der Waals surface area contributed by atoms with Gasteiger partial charge in [0.05, 0.1) is 7.11 Å². The van der Waals surface area contributed by atoms with E-state index in [0.29, 0.717) is 5.92 Å². The fraction of sp³-hybridized carbons (Fsp3) is 0.706. The van der Waals surface area contributed by atoms with Gasteiger partial charge in [0, 0.05) is 29.6 Å². The van der Waals surface area contributed by atoms with Crippen LogP contribution < -0.4 is 10.1 Å². The molecule has 0 radical (unpaired) electrons. The smallest absolute Gasteiger partial charge is 0.128 e. The molecule has 0 atom stereocenters. The molecule has 0 aromatic carbocycles. The van der Waals surface area contributed by atoms with Gasteiger partial charge in [0.1, 0.15) is 5.75 Å². The number of methoxy groups -OCH3 is 1. The Morgan fingerprint density at radius 1 is 1.30 bits per heavy atom. The average molecular weight is 278 g/mol. The molecule has 3 nitrogen and oxygen atoms in total. The van der Waals surface area contributed by atoms with Crippen molar-refractivity contribution < 1.29 is 4.74 Å². The van der Waals surface area contributed by atoms with E-state index in [2.05, 4.69) is 44.9 Å². The van der Waals surface area contributed by atoms with Crippen LogP contribution in [0.5, 0.6) is 5.75 Å². The zero-order chi connectivity index (χ0) is 15.3. The van der Waals surface area contributed by atoms with Crippen molar-refractivity contribution in [2.24, 2.45) is 11.3 Å². The predicted molar refractivity (Wildman–Crippen MR) is 85.5 cm³/mol. The van der Waals surface area contributed by atoms with E-state index >= 15 is 0 Å². The summed E-state index contributed by atoms with van der Waals surface area (Å²) < 4.78 is 5.49. The number of hydrogen-bond acceptors (Lipinski definition) is 3. The SMILES string of the molecule is COc1c(C)cnc(CC(C)(C)CNCC(C)C)c1C. The topological polar surface area (TPSA) is 34.1 Å². The first-order valence-electron chi connectivity index (χ1n) is 7.46. The van der Waals surface area contributed by atoms with Crippen molar-refractivity contribution in [3.8, 4) is 5.75 Å². The van der Waals surface area contributed by atoms with Crippen LogP contribution in [-0.4, -0.2) is 25.2 Å². The molecule has 0 bridgehead atoms. The number of nitrogens with zero attached hydrogens (tertiary/aromatic N) is 1. The van der Waals surface area contributed by atoms with Crippen molar-refractivity contribution >= 4 is 0 Å². The van der Waals surface area contributed by atoms with Gasteiger partial charge in [-0.2, -0.15) is 0 Å². The zero-order valence-electron chi connectivity index (χ0n) is 14.1. The number of aromatic nitrogens is 1. The minimum absolute atomic E-state index is 0.187. The van der Waals surface area contributed by atoms with Crippen molar-refractivity contribution in [1.29, 1.82) is 0 Å². The first-order chi connectivity index (χ1) is 9.26. The van der Waals surface area contributed by atoms with Gasteiger partial charge in [-0.05, 0) is 38.1 Å². The molecule has 1 aromatic rings. The molecule has 3 heteroatoms. The summed E-state index contributed by atoms with van der Waals surface area (Å²) in [7, 11) is 1.73. The van der Waals surface area contributed by atoms with Crippen LogP contribution in [0.15, 0.2) is 6.20 Å². The van der Waals surface area contributed by atoms with E-state index < -0.39 is 0 Å². The maximum Gasteiger partial charge on any atom is 0.128 e. The van der Waals surface area contributed by atoms with Crippen LogP contribution in [0.25, 0.3) is 0 Å². The maximum atomic E-state index is 5.49. The molecule has 0 fully saturated rings. The van der Waals surface area contributed by atoms with Crippen molar-refractivity contribution in [2.45, 2.75) is 48.0 Å². The molecular weight excluding hydrogens is 248 g/mol. The lowest BCUT2D eigenvalue weighted by Gasteiger charge is -2.26. The molecule has 1 rings (SSSR count). The van der Waals surface area contributed by atoms with Crippen LogP contribution in [0.1, 0.15) is 44.5 Å². The Hall–Kier alpha value is -1.09. The molecule has 0 unspecified atom stereocenters. The molecule has 20 heavy (non-hydrogen) atoms. The van der Waals surface area contributed by atoms with Crippen LogP contribution in [0.3, 0.4) is 0 Å². The van der Waals surface area contributed by atoms with E-state index in [9.17, 15) is 0 Å². The number of rotatable bonds is 7. The fourth-order valence-electron chi connectivity index (χ4n) is 2.46. The Morgan fingerprint density at radius 2 is 1.95 bits per heavy atom. The number of pyridine rings is 1. The van der Waals surface area contributed by atoms with E-state index in [1.54, 1.807) is 7.11 Å². The standard InChI is InChI=1S/C17H30N2O/c1-12(2)9-18-11-17(5,6)8-15-14(4)16(20-7)13(3)10-19-15/h10,12,18H,8-9,11H2,1-7H3. The highest BCUT2D eigenvalue weighted by Crippen LogP contribution is 2.28. The third kappa shape index (κ3) is 4.78. The Kier molecular flexibility index (Phi) is 6.00. The van der Waals surface area contributed by atoms with Gasteiger partial charge in [-0.3, -0.25) is 4.98 Å². The quantitative estimate of drug-likeness (QED) is 0.828. The molecular formula is C17H30N2O. The van der Waals surface area contributed by atoms with Crippen molar-refractivity contribution in [1.82, 2.24) is 10.3 Å². The third-order valence-electron chi connectivity index (χ3n) is 3.55. The van der Waals surface area contributed by atoms with Crippen LogP contribution in [-0.2, 0) is 6.42 Å². The second-order valence-corrected chi connectivity index (χ2v) is 6.91. The Balaban J connectivity index is 2.76. The molecule has 0 aliphatic heterocycles. The first-order valence-corrected chi connectivity index (χ1v) is 7.46. The monoisotopic (exact) mass is 278 g/mol. The van der Waals surface area contributed by atoms with Gasteiger partial charge in [0.25, 0.3) is 0 Å². The highest BCUT2D eigenvalue weighted by molar-refractivity contribution is 5.41. The molecule has 1 N–H and O–H groups in total. The van der Waals surface area contributed by atoms with E-state index in [1.807, 2.05) is 13.1 Å². The van der Waals surface area contributed by atoms with Gasteiger partial charge >= 0.3 is 0 Å². The van der Waals surface area contributed by atoms with E-state index in [4.69, 9.17) is 4.74 Å². The summed E-state index contributed by atoms with van der Waals surface area (Å²) in [6, 6.07) is 0. The van der Waals surface area contributed by atoms with Crippen molar-refractivity contribution in [3.05, 3.63) is 23.0 Å². The van der Waals surface area contributed by atoms with E-state index in [1.165, 1.54) is 5.56 Å². The van der Waals surface area contributed by atoms with Crippen LogP contribution in [0.2, 0.25) is 0 Å². The Bertz CT molecular complexity index is 439. The van der Waals surface area contributed by atoms with Gasteiger partial charge in [0.2, 0.25) is 0 Å². The van der Waals surface area contributed by atoms with Crippen LogP contribution in [0, 0.1) is 25.2 Å². The lowest BCUT2D eigenvalue weighted by atomic mass is 9.86. The highest BCUT2D eigenvalue weighted by Gasteiger charge is 2.21. The minimum Gasteiger partial charge on any atom is -0.496 e. The summed E-state index contributed by atoms with van der Waals surface area (Å²) in [6.45, 7) is 15.2. The molecule has 0 aliphatic carbocycles. The normalized spacial score (nSPS) is 12.0. The summed E-state index contributed by atoms with van der Waals surface area (Å²) in [6.07, 6.45) is 2.87. The Morgan fingerprint density at radius 3 is 2.50 bits per heavy atom. The second kappa shape index (κ2) is 7.07. The third-order valence-corrected chi connectivity index (χ3v) is 3.55. The number of aryl methyl sites for hydroxylation is 1. The van der Waals surface area contributed by atoms with Gasteiger partial charge in [-0.25, -0.2) is 0 Å². The van der Waals surface area contributed by atoms with Gasteiger partial charge in [0.15, 0.2) is 0 Å². The summed E-state index contributed by atoms with van der Waals surface area (Å²) in [5, 5.41) is 3.55. The van der Waals surface area contributed by atoms with Gasteiger partial charge < -0.3 is 10.1 Å².